The normalized spacial score (nSPS) is 9.27. The highest BCUT2D eigenvalue weighted by Gasteiger charge is 2.04. The Labute approximate surface area is 64.6 Å². The molecule has 0 fully saturated rings. The first-order chi connectivity index (χ1) is 5.25. The first-order valence-electron chi connectivity index (χ1n) is 3.26. The first kappa shape index (κ1) is 7.75. The van der Waals surface area contributed by atoms with Crippen molar-refractivity contribution >= 4 is 5.91 Å². The van der Waals surface area contributed by atoms with E-state index in [0.717, 1.165) is 5.56 Å². The quantitative estimate of drug-likeness (QED) is 0.466. The molecule has 0 heterocycles. The van der Waals surface area contributed by atoms with E-state index in [2.05, 4.69) is 0 Å². The van der Waals surface area contributed by atoms with Crippen LogP contribution in [0, 0.1) is 6.92 Å². The van der Waals surface area contributed by atoms with Crippen molar-refractivity contribution in [1.29, 1.82) is 0 Å². The summed E-state index contributed by atoms with van der Waals surface area (Å²) in [5.74, 6) is -0.469. The molecule has 0 aromatic heterocycles. The third kappa shape index (κ3) is 1.56. The monoisotopic (exact) mass is 151 g/mol. The van der Waals surface area contributed by atoms with Gasteiger partial charge in [-0.3, -0.25) is 10.0 Å². The van der Waals surface area contributed by atoms with E-state index >= 15 is 0 Å². The number of aryl methyl sites for hydroxylation is 1. The summed E-state index contributed by atoms with van der Waals surface area (Å²) in [6.45, 7) is 1.81. The lowest BCUT2D eigenvalue weighted by molar-refractivity contribution is 0.0705. The van der Waals surface area contributed by atoms with E-state index in [0.29, 0.717) is 5.56 Å². The van der Waals surface area contributed by atoms with Gasteiger partial charge in [0.25, 0.3) is 5.91 Å². The highest BCUT2D eigenvalue weighted by molar-refractivity contribution is 5.94. The zero-order valence-electron chi connectivity index (χ0n) is 6.16. The summed E-state index contributed by atoms with van der Waals surface area (Å²) >= 11 is 0. The first-order valence-corrected chi connectivity index (χ1v) is 3.26. The van der Waals surface area contributed by atoms with Crippen molar-refractivity contribution in [3.8, 4) is 0 Å². The van der Waals surface area contributed by atoms with E-state index in [1.165, 1.54) is 0 Å². The Kier molecular flexibility index (Phi) is 2.23. The molecule has 0 aliphatic rings. The topological polar surface area (TPSA) is 49.3 Å². The van der Waals surface area contributed by atoms with Crippen molar-refractivity contribution in [3.63, 3.8) is 0 Å². The minimum atomic E-state index is -0.469. The second kappa shape index (κ2) is 3.16. The van der Waals surface area contributed by atoms with Crippen LogP contribution in [0.15, 0.2) is 24.3 Å². The maximum Gasteiger partial charge on any atom is 0.274 e. The number of carbonyl (C=O) groups excluding carboxylic acids is 1. The van der Waals surface area contributed by atoms with Gasteiger partial charge in [-0.1, -0.05) is 18.2 Å². The SMILES string of the molecule is Cc1ccccc1C(=O)NO. The van der Waals surface area contributed by atoms with Crippen molar-refractivity contribution in [1.82, 2.24) is 5.48 Å². The standard InChI is InChI=1S/C8H9NO2/c1-6-4-2-3-5-7(6)8(10)9-11/h2-5,11H,1H3,(H,9,10). The van der Waals surface area contributed by atoms with Crippen LogP contribution in [0.4, 0.5) is 0 Å². The van der Waals surface area contributed by atoms with Crippen LogP contribution in [0.5, 0.6) is 0 Å². The Morgan fingerprint density at radius 2 is 2.09 bits per heavy atom. The minimum absolute atomic E-state index is 0.469. The number of hydroxylamine groups is 1. The Hall–Kier alpha value is -1.35. The van der Waals surface area contributed by atoms with Crippen molar-refractivity contribution in [2.24, 2.45) is 0 Å². The van der Waals surface area contributed by atoms with Crippen LogP contribution in [0.3, 0.4) is 0 Å². The number of rotatable bonds is 1. The predicted molar refractivity (Wildman–Crippen MR) is 40.4 cm³/mol. The number of nitrogens with one attached hydrogen (secondary N) is 1. The van der Waals surface area contributed by atoms with Gasteiger partial charge in [0.05, 0.1) is 0 Å². The Bertz CT molecular complexity index is 271. The molecule has 11 heavy (non-hydrogen) atoms. The van der Waals surface area contributed by atoms with Crippen LogP contribution in [0.25, 0.3) is 0 Å². The minimum Gasteiger partial charge on any atom is -0.288 e. The molecule has 0 radical (unpaired) electrons. The van der Waals surface area contributed by atoms with Crippen LogP contribution in [0.2, 0.25) is 0 Å². The molecule has 1 amide bonds. The van der Waals surface area contributed by atoms with Crippen LogP contribution in [-0.4, -0.2) is 11.1 Å². The number of carbonyl (C=O) groups is 1. The van der Waals surface area contributed by atoms with Gasteiger partial charge in [0, 0.05) is 5.56 Å². The molecule has 1 aromatic rings. The predicted octanol–water partition coefficient (Wildman–Crippen LogP) is 1.11. The van der Waals surface area contributed by atoms with E-state index in [9.17, 15) is 4.79 Å². The lowest BCUT2D eigenvalue weighted by Crippen LogP contribution is -2.19. The van der Waals surface area contributed by atoms with E-state index < -0.39 is 5.91 Å². The lowest BCUT2D eigenvalue weighted by Gasteiger charge is -2.00. The largest absolute Gasteiger partial charge is 0.288 e. The summed E-state index contributed by atoms with van der Waals surface area (Å²) in [7, 11) is 0. The van der Waals surface area contributed by atoms with Gasteiger partial charge in [-0.25, -0.2) is 5.48 Å². The Morgan fingerprint density at radius 1 is 1.45 bits per heavy atom. The second-order valence-electron chi connectivity index (χ2n) is 2.26. The Morgan fingerprint density at radius 3 is 2.64 bits per heavy atom. The molecule has 0 atom stereocenters. The summed E-state index contributed by atoms with van der Waals surface area (Å²) in [4.78, 5) is 10.9. The average Bonchev–Trinajstić information content (AvgIpc) is 2.04. The van der Waals surface area contributed by atoms with Crippen molar-refractivity contribution < 1.29 is 10.0 Å². The fourth-order valence-electron chi connectivity index (χ4n) is 0.888. The number of hydrogen-bond acceptors (Lipinski definition) is 2. The molecule has 3 heteroatoms. The van der Waals surface area contributed by atoms with Crippen LogP contribution >= 0.6 is 0 Å². The Balaban J connectivity index is 3.03. The van der Waals surface area contributed by atoms with Crippen LogP contribution in [-0.2, 0) is 0 Å². The maximum atomic E-state index is 10.9. The van der Waals surface area contributed by atoms with Gasteiger partial charge in [-0.05, 0) is 18.6 Å². The number of hydrogen-bond donors (Lipinski definition) is 2. The van der Waals surface area contributed by atoms with Crippen LogP contribution in [0.1, 0.15) is 15.9 Å². The molecule has 58 valence electrons. The van der Waals surface area contributed by atoms with E-state index in [1.807, 2.05) is 19.1 Å². The van der Waals surface area contributed by atoms with Gasteiger partial charge in [-0.15, -0.1) is 0 Å². The number of amides is 1. The highest BCUT2D eigenvalue weighted by Crippen LogP contribution is 2.05. The molecular weight excluding hydrogens is 142 g/mol. The molecule has 2 N–H and O–H groups in total. The fourth-order valence-corrected chi connectivity index (χ4v) is 0.888. The molecule has 0 aliphatic carbocycles. The summed E-state index contributed by atoms with van der Waals surface area (Å²) in [6, 6.07) is 7.05. The molecular formula is C8H9NO2. The molecule has 0 aliphatic heterocycles. The molecule has 1 rings (SSSR count). The van der Waals surface area contributed by atoms with Gasteiger partial charge < -0.3 is 0 Å². The van der Waals surface area contributed by atoms with Crippen molar-refractivity contribution in [2.45, 2.75) is 6.92 Å². The highest BCUT2D eigenvalue weighted by atomic mass is 16.5. The van der Waals surface area contributed by atoms with E-state index in [4.69, 9.17) is 5.21 Å². The fraction of sp³-hybridized carbons (Fsp3) is 0.125. The van der Waals surface area contributed by atoms with Gasteiger partial charge in [-0.2, -0.15) is 0 Å². The van der Waals surface area contributed by atoms with Gasteiger partial charge in [0.15, 0.2) is 0 Å². The van der Waals surface area contributed by atoms with Gasteiger partial charge in [0.2, 0.25) is 0 Å². The molecule has 1 aromatic carbocycles. The maximum absolute atomic E-state index is 10.9. The van der Waals surface area contributed by atoms with E-state index in [-0.39, 0.29) is 0 Å². The smallest absolute Gasteiger partial charge is 0.274 e. The lowest BCUT2D eigenvalue weighted by atomic mass is 10.1. The average molecular weight is 151 g/mol. The zero-order valence-corrected chi connectivity index (χ0v) is 6.16. The summed E-state index contributed by atoms with van der Waals surface area (Å²) in [6.07, 6.45) is 0. The number of benzene rings is 1. The van der Waals surface area contributed by atoms with Gasteiger partial charge in [0.1, 0.15) is 0 Å². The van der Waals surface area contributed by atoms with Gasteiger partial charge >= 0.3 is 0 Å². The second-order valence-corrected chi connectivity index (χ2v) is 2.26. The summed E-state index contributed by atoms with van der Waals surface area (Å²) in [5.41, 5.74) is 2.92. The summed E-state index contributed by atoms with van der Waals surface area (Å²) < 4.78 is 0. The molecule has 0 saturated heterocycles. The third-order valence-electron chi connectivity index (χ3n) is 1.49. The third-order valence-corrected chi connectivity index (χ3v) is 1.49. The summed E-state index contributed by atoms with van der Waals surface area (Å²) in [5, 5.41) is 8.31. The van der Waals surface area contributed by atoms with Crippen molar-refractivity contribution in [2.75, 3.05) is 0 Å². The van der Waals surface area contributed by atoms with Crippen molar-refractivity contribution in [3.05, 3.63) is 35.4 Å². The van der Waals surface area contributed by atoms with Crippen LogP contribution < -0.4 is 5.48 Å². The molecule has 3 nitrogen and oxygen atoms in total. The van der Waals surface area contributed by atoms with E-state index in [1.54, 1.807) is 17.6 Å². The molecule has 0 unspecified atom stereocenters. The zero-order chi connectivity index (χ0) is 8.27. The molecule has 0 bridgehead atoms. The molecule has 0 saturated carbocycles. The molecule has 0 spiro atoms.